The van der Waals surface area contributed by atoms with Crippen molar-refractivity contribution in [3.05, 3.63) is 71.3 Å². The predicted molar refractivity (Wildman–Crippen MR) is 105 cm³/mol. The molecule has 2 N–H and O–H groups in total. The van der Waals surface area contributed by atoms with Crippen molar-refractivity contribution in [2.45, 2.75) is 0 Å². The number of fused-ring (bicyclic) bond motifs is 8. The largest absolute Gasteiger partial charge is 0.355 e. The molecule has 4 nitrogen and oxygen atoms in total. The van der Waals surface area contributed by atoms with Gasteiger partial charge in [0.15, 0.2) is 0 Å². The summed E-state index contributed by atoms with van der Waals surface area (Å²) in [5, 5.41) is 0. The molecule has 3 aromatic heterocycles. The summed E-state index contributed by atoms with van der Waals surface area (Å²) in [6.07, 6.45) is 8.09. The number of hydrogen-bond acceptors (Lipinski definition) is 2. The molecule has 0 amide bonds. The van der Waals surface area contributed by atoms with E-state index in [9.17, 15) is 0 Å². The Bertz CT molecular complexity index is 990. The topological polar surface area (TPSA) is 57.4 Å². The van der Waals surface area contributed by atoms with E-state index >= 15 is 0 Å². The second-order valence-corrected chi connectivity index (χ2v) is 5.91. The molecule has 0 saturated carbocycles. The summed E-state index contributed by atoms with van der Waals surface area (Å²) in [7, 11) is 0. The molecule has 3 aromatic rings. The van der Waals surface area contributed by atoms with Gasteiger partial charge in [-0.05, 0) is 72.8 Å². The van der Waals surface area contributed by atoms with Crippen molar-refractivity contribution >= 4 is 84.1 Å². The summed E-state index contributed by atoms with van der Waals surface area (Å²) < 4.78 is 0. The minimum absolute atomic E-state index is 0. The molecule has 2 radical (unpaired) electrons. The minimum Gasteiger partial charge on any atom is -0.355 e. The van der Waals surface area contributed by atoms with Gasteiger partial charge in [-0.3, -0.25) is 0 Å². The third-order valence-electron chi connectivity index (χ3n) is 4.04. The van der Waals surface area contributed by atoms with Gasteiger partial charge >= 0.3 is 0 Å². The van der Waals surface area contributed by atoms with Crippen LogP contribution in [0.3, 0.4) is 0 Å². The third-order valence-corrected chi connectivity index (χ3v) is 4.04. The van der Waals surface area contributed by atoms with E-state index in [4.69, 9.17) is 0 Å². The van der Waals surface area contributed by atoms with Crippen molar-refractivity contribution in [1.82, 2.24) is 19.9 Å². The quantitative estimate of drug-likeness (QED) is 0.410. The zero-order chi connectivity index (χ0) is 15.9. The van der Waals surface area contributed by atoms with Gasteiger partial charge in [-0.15, -0.1) is 0 Å². The van der Waals surface area contributed by atoms with Gasteiger partial charge in [-0.25, -0.2) is 9.97 Å². The number of hydrogen-bond donors (Lipinski definition) is 2. The summed E-state index contributed by atoms with van der Waals surface area (Å²) in [6, 6.07) is 16.4. The summed E-state index contributed by atoms with van der Waals surface area (Å²) in [6.45, 7) is 0. The van der Waals surface area contributed by atoms with Gasteiger partial charge in [-0.1, -0.05) is 0 Å². The zero-order valence-corrected chi connectivity index (χ0v) is 15.7. The van der Waals surface area contributed by atoms with Gasteiger partial charge in [0.2, 0.25) is 0 Å². The van der Waals surface area contributed by atoms with Gasteiger partial charge in [0.1, 0.15) is 0 Å². The first-order valence-corrected chi connectivity index (χ1v) is 7.85. The molecular formula is C20H14CaN4. The smallest absolute Gasteiger partial charge is 0.0658 e. The predicted octanol–water partition coefficient (Wildman–Crippen LogP) is 4.27. The zero-order valence-electron chi connectivity index (χ0n) is 13.5. The van der Waals surface area contributed by atoms with E-state index in [2.05, 4.69) is 44.2 Å². The van der Waals surface area contributed by atoms with Crippen LogP contribution in [0.1, 0.15) is 22.8 Å². The van der Waals surface area contributed by atoms with E-state index in [1.165, 1.54) is 0 Å². The fourth-order valence-corrected chi connectivity index (χ4v) is 2.94. The summed E-state index contributed by atoms with van der Waals surface area (Å²) >= 11 is 0. The maximum atomic E-state index is 4.63. The Morgan fingerprint density at radius 3 is 1.04 bits per heavy atom. The van der Waals surface area contributed by atoms with E-state index in [1.807, 2.05) is 48.6 Å². The Morgan fingerprint density at radius 1 is 0.480 bits per heavy atom. The van der Waals surface area contributed by atoms with Crippen LogP contribution in [-0.4, -0.2) is 57.7 Å². The average molecular weight is 350 g/mol. The van der Waals surface area contributed by atoms with Crippen LogP contribution in [0.15, 0.2) is 48.5 Å². The minimum atomic E-state index is 0. The van der Waals surface area contributed by atoms with Crippen LogP contribution in [0.5, 0.6) is 0 Å². The van der Waals surface area contributed by atoms with E-state index in [0.29, 0.717) is 0 Å². The summed E-state index contributed by atoms with van der Waals surface area (Å²) in [4.78, 5) is 16.0. The Kier molecular flexibility index (Phi) is 4.34. The second-order valence-electron chi connectivity index (χ2n) is 5.91. The molecular weight excluding hydrogens is 336 g/mol. The van der Waals surface area contributed by atoms with Crippen LogP contribution in [-0.2, 0) is 0 Å². The molecule has 2 aliphatic heterocycles. The van der Waals surface area contributed by atoms with Crippen LogP contribution in [0.4, 0.5) is 0 Å². The Labute approximate surface area is 174 Å². The second kappa shape index (κ2) is 6.64. The standard InChI is InChI=1S/C20H14N4.Ca/c1-2-14-10-16-5-6-18(23-16)12-20-8-7-19(24-20)11-17-4-3-15(22-17)9-13(1)21-14;/h1-12,21,24H;. The maximum Gasteiger partial charge on any atom is 0.0658 e. The van der Waals surface area contributed by atoms with Crippen LogP contribution < -0.4 is 0 Å². The van der Waals surface area contributed by atoms with E-state index < -0.39 is 0 Å². The first-order valence-electron chi connectivity index (χ1n) is 7.85. The van der Waals surface area contributed by atoms with Crippen molar-refractivity contribution in [3.8, 4) is 0 Å². The molecule has 0 aliphatic carbocycles. The van der Waals surface area contributed by atoms with Gasteiger partial charge in [0, 0.05) is 59.8 Å². The summed E-state index contributed by atoms with van der Waals surface area (Å²) in [5.41, 5.74) is 7.86. The SMILES string of the molecule is C1=Cc2cc3ccc(cc4nc(cc5ccc(cc1n2)[nH]5)C=C4)[nH]3.[Ca]. The van der Waals surface area contributed by atoms with E-state index in [1.54, 1.807) is 0 Å². The molecule has 0 saturated heterocycles. The molecule has 5 heteroatoms. The normalized spacial score (nSPS) is 12.2. The average Bonchev–Trinajstić information content (AvgIpc) is 3.32. The number of nitrogens with zero attached hydrogens (tertiary/aromatic N) is 2. The van der Waals surface area contributed by atoms with Gasteiger partial charge < -0.3 is 9.97 Å². The molecule has 0 spiro atoms. The maximum absolute atomic E-state index is 4.63. The molecule has 0 unspecified atom stereocenters. The molecule has 0 atom stereocenters. The number of aromatic amines is 2. The molecule has 116 valence electrons. The van der Waals surface area contributed by atoms with Gasteiger partial charge in [0.25, 0.3) is 0 Å². The molecule has 0 aromatic carbocycles. The van der Waals surface area contributed by atoms with Crippen LogP contribution in [0.2, 0.25) is 0 Å². The van der Waals surface area contributed by atoms with Crippen LogP contribution >= 0.6 is 0 Å². The molecule has 8 bridgehead atoms. The number of rotatable bonds is 0. The van der Waals surface area contributed by atoms with Crippen molar-refractivity contribution < 1.29 is 0 Å². The molecule has 2 aliphatic rings. The molecule has 0 fully saturated rings. The first-order chi connectivity index (χ1) is 11.8. The molecule has 25 heavy (non-hydrogen) atoms. The Hall–Kier alpha value is -2.14. The van der Waals surface area contributed by atoms with Crippen molar-refractivity contribution in [3.63, 3.8) is 0 Å². The van der Waals surface area contributed by atoms with Gasteiger partial charge in [-0.2, -0.15) is 0 Å². The fourth-order valence-electron chi connectivity index (χ4n) is 2.94. The van der Waals surface area contributed by atoms with E-state index in [-0.39, 0.29) is 37.7 Å². The van der Waals surface area contributed by atoms with Gasteiger partial charge in [0.05, 0.1) is 22.8 Å². The Balaban J connectivity index is 0.00000157. The monoisotopic (exact) mass is 350 g/mol. The van der Waals surface area contributed by atoms with Crippen molar-refractivity contribution in [1.29, 1.82) is 0 Å². The number of H-pyrrole nitrogens is 2. The third kappa shape index (κ3) is 3.47. The molecule has 5 heterocycles. The number of nitrogens with one attached hydrogen (secondary N) is 2. The van der Waals surface area contributed by atoms with E-state index in [0.717, 1.165) is 44.8 Å². The summed E-state index contributed by atoms with van der Waals surface area (Å²) in [5.74, 6) is 0. The fraction of sp³-hybridized carbons (Fsp3) is 0. The van der Waals surface area contributed by atoms with Crippen molar-refractivity contribution in [2.75, 3.05) is 0 Å². The first kappa shape index (κ1) is 16.3. The molecule has 5 rings (SSSR count). The number of aromatic nitrogens is 4. The van der Waals surface area contributed by atoms with Crippen molar-refractivity contribution in [2.24, 2.45) is 0 Å². The van der Waals surface area contributed by atoms with Crippen LogP contribution in [0, 0.1) is 0 Å². The Morgan fingerprint density at radius 2 is 0.760 bits per heavy atom. The van der Waals surface area contributed by atoms with Crippen LogP contribution in [0.25, 0.3) is 46.4 Å².